The van der Waals surface area contributed by atoms with Crippen LogP contribution >= 0.6 is 35.3 Å². The standard InChI is InChI=1S/C12H19N3O2S.HI/c1-12(16,10-2-7-18-8-10)9-14-11(13)15-3-5-17-6-4-15;/h2,7-8,16H,3-6,9H2,1H3,(H2,13,14);1H. The molecule has 108 valence electrons. The maximum absolute atomic E-state index is 10.3. The Morgan fingerprint density at radius 2 is 2.26 bits per heavy atom. The second kappa shape index (κ2) is 7.41. The molecule has 0 radical (unpaired) electrons. The van der Waals surface area contributed by atoms with E-state index in [4.69, 9.17) is 10.5 Å². The molecule has 5 nitrogen and oxygen atoms in total. The van der Waals surface area contributed by atoms with Gasteiger partial charge in [-0.2, -0.15) is 11.3 Å². The predicted octanol–water partition coefficient (Wildman–Crippen LogP) is 1.22. The molecule has 2 rings (SSSR count). The number of thiophene rings is 1. The molecule has 1 aromatic heterocycles. The molecule has 1 fully saturated rings. The number of morpholine rings is 1. The molecule has 0 saturated carbocycles. The SMILES string of the molecule is CC(O)(CN=C(N)N1CCOCC1)c1ccsc1.I. The van der Waals surface area contributed by atoms with Gasteiger partial charge in [0.1, 0.15) is 5.60 Å². The maximum Gasteiger partial charge on any atom is 0.191 e. The Morgan fingerprint density at radius 3 is 2.84 bits per heavy atom. The van der Waals surface area contributed by atoms with Crippen molar-refractivity contribution < 1.29 is 9.84 Å². The lowest BCUT2D eigenvalue weighted by Crippen LogP contribution is -2.45. The van der Waals surface area contributed by atoms with Crippen molar-refractivity contribution in [1.29, 1.82) is 0 Å². The molecule has 0 amide bonds. The quantitative estimate of drug-likeness (QED) is 0.457. The number of rotatable bonds is 3. The third kappa shape index (κ3) is 4.59. The van der Waals surface area contributed by atoms with E-state index in [2.05, 4.69) is 4.99 Å². The van der Waals surface area contributed by atoms with E-state index < -0.39 is 5.60 Å². The second-order valence-electron chi connectivity index (χ2n) is 4.56. The molecule has 1 aromatic rings. The van der Waals surface area contributed by atoms with Gasteiger partial charge in [0.2, 0.25) is 0 Å². The van der Waals surface area contributed by atoms with E-state index in [-0.39, 0.29) is 30.5 Å². The Hall–Kier alpha value is -0.380. The van der Waals surface area contributed by atoms with Gasteiger partial charge in [-0.05, 0) is 29.3 Å². The summed E-state index contributed by atoms with van der Waals surface area (Å²) in [6.45, 7) is 4.90. The van der Waals surface area contributed by atoms with Crippen molar-refractivity contribution >= 4 is 41.3 Å². The van der Waals surface area contributed by atoms with Crippen LogP contribution in [0.25, 0.3) is 0 Å². The summed E-state index contributed by atoms with van der Waals surface area (Å²) >= 11 is 1.56. The lowest BCUT2D eigenvalue weighted by molar-refractivity contribution is 0.0620. The van der Waals surface area contributed by atoms with E-state index in [0.29, 0.717) is 19.2 Å². The lowest BCUT2D eigenvalue weighted by atomic mass is 10.00. The van der Waals surface area contributed by atoms with E-state index in [0.717, 1.165) is 18.7 Å². The summed E-state index contributed by atoms with van der Waals surface area (Å²) in [5, 5.41) is 14.2. The monoisotopic (exact) mass is 397 g/mol. The van der Waals surface area contributed by atoms with Gasteiger partial charge in [-0.1, -0.05) is 0 Å². The van der Waals surface area contributed by atoms with Crippen molar-refractivity contribution in [2.75, 3.05) is 32.8 Å². The van der Waals surface area contributed by atoms with Gasteiger partial charge in [0.25, 0.3) is 0 Å². The fraction of sp³-hybridized carbons (Fsp3) is 0.583. The van der Waals surface area contributed by atoms with Crippen molar-refractivity contribution in [3.63, 3.8) is 0 Å². The molecule has 2 heterocycles. The molecule has 0 aliphatic carbocycles. The molecule has 0 aromatic carbocycles. The average molecular weight is 397 g/mol. The number of nitrogens with zero attached hydrogens (tertiary/aromatic N) is 2. The summed E-state index contributed by atoms with van der Waals surface area (Å²) in [4.78, 5) is 6.27. The molecule has 0 spiro atoms. The normalized spacial score (nSPS) is 19.7. The Morgan fingerprint density at radius 1 is 1.58 bits per heavy atom. The molecule has 1 unspecified atom stereocenters. The zero-order valence-electron chi connectivity index (χ0n) is 10.9. The molecule has 0 bridgehead atoms. The predicted molar refractivity (Wildman–Crippen MR) is 88.2 cm³/mol. The molecule has 1 atom stereocenters. The number of hydrogen-bond donors (Lipinski definition) is 2. The maximum atomic E-state index is 10.3. The van der Waals surface area contributed by atoms with Gasteiger partial charge in [0.05, 0.1) is 19.8 Å². The van der Waals surface area contributed by atoms with Crippen molar-refractivity contribution in [2.24, 2.45) is 10.7 Å². The third-order valence-corrected chi connectivity index (χ3v) is 3.71. The van der Waals surface area contributed by atoms with Gasteiger partial charge < -0.3 is 20.5 Å². The van der Waals surface area contributed by atoms with Crippen LogP contribution < -0.4 is 5.73 Å². The number of aliphatic imine (C=N–C) groups is 1. The van der Waals surface area contributed by atoms with Gasteiger partial charge in [-0.25, -0.2) is 4.99 Å². The number of hydrogen-bond acceptors (Lipinski definition) is 4. The van der Waals surface area contributed by atoms with Gasteiger partial charge in [0, 0.05) is 13.1 Å². The van der Waals surface area contributed by atoms with E-state index in [1.54, 1.807) is 18.3 Å². The van der Waals surface area contributed by atoms with E-state index in [1.807, 2.05) is 21.7 Å². The molecular weight excluding hydrogens is 377 g/mol. The van der Waals surface area contributed by atoms with Crippen molar-refractivity contribution in [3.05, 3.63) is 22.4 Å². The molecule has 19 heavy (non-hydrogen) atoms. The molecule has 1 saturated heterocycles. The minimum absolute atomic E-state index is 0. The topological polar surface area (TPSA) is 71.1 Å². The van der Waals surface area contributed by atoms with Gasteiger partial charge >= 0.3 is 0 Å². The minimum Gasteiger partial charge on any atom is -0.383 e. The summed E-state index contributed by atoms with van der Waals surface area (Å²) in [6.07, 6.45) is 0. The average Bonchev–Trinajstić information content (AvgIpc) is 2.92. The summed E-state index contributed by atoms with van der Waals surface area (Å²) in [5.41, 5.74) is 5.84. The first kappa shape index (κ1) is 16.7. The first-order valence-corrected chi connectivity index (χ1v) is 6.91. The fourth-order valence-corrected chi connectivity index (χ4v) is 2.57. The van der Waals surface area contributed by atoms with E-state index in [9.17, 15) is 5.11 Å². The highest BCUT2D eigenvalue weighted by Crippen LogP contribution is 2.23. The number of aliphatic hydroxyl groups is 1. The van der Waals surface area contributed by atoms with Gasteiger partial charge in [-0.15, -0.1) is 24.0 Å². The van der Waals surface area contributed by atoms with E-state index in [1.165, 1.54) is 0 Å². The molecule has 1 aliphatic rings. The summed E-state index contributed by atoms with van der Waals surface area (Å²) in [6, 6.07) is 1.91. The lowest BCUT2D eigenvalue weighted by Gasteiger charge is -2.28. The van der Waals surface area contributed by atoms with Crippen LogP contribution in [0.5, 0.6) is 0 Å². The number of halogens is 1. The first-order chi connectivity index (χ1) is 8.59. The largest absolute Gasteiger partial charge is 0.383 e. The zero-order chi connectivity index (χ0) is 13.0. The van der Waals surface area contributed by atoms with Crippen LogP contribution in [0.4, 0.5) is 0 Å². The first-order valence-electron chi connectivity index (χ1n) is 5.97. The Kier molecular flexibility index (Phi) is 6.51. The molecular formula is C12H20IN3O2S. The van der Waals surface area contributed by atoms with Crippen LogP contribution in [0.15, 0.2) is 21.8 Å². The second-order valence-corrected chi connectivity index (χ2v) is 5.34. The highest BCUT2D eigenvalue weighted by Gasteiger charge is 2.23. The highest BCUT2D eigenvalue weighted by atomic mass is 127. The third-order valence-electron chi connectivity index (χ3n) is 3.03. The van der Waals surface area contributed by atoms with Crippen LogP contribution in [0.3, 0.4) is 0 Å². The smallest absolute Gasteiger partial charge is 0.191 e. The van der Waals surface area contributed by atoms with Crippen LogP contribution in [-0.4, -0.2) is 48.8 Å². The van der Waals surface area contributed by atoms with Crippen molar-refractivity contribution in [1.82, 2.24) is 4.90 Å². The van der Waals surface area contributed by atoms with Crippen LogP contribution in [0.2, 0.25) is 0 Å². The van der Waals surface area contributed by atoms with Crippen LogP contribution in [0.1, 0.15) is 12.5 Å². The summed E-state index contributed by atoms with van der Waals surface area (Å²) < 4.78 is 5.25. The highest BCUT2D eigenvalue weighted by molar-refractivity contribution is 14.0. The minimum atomic E-state index is -0.961. The van der Waals surface area contributed by atoms with Crippen LogP contribution in [-0.2, 0) is 10.3 Å². The number of guanidine groups is 1. The molecule has 1 aliphatic heterocycles. The molecule has 3 N–H and O–H groups in total. The van der Waals surface area contributed by atoms with Crippen LogP contribution in [0, 0.1) is 0 Å². The number of nitrogens with two attached hydrogens (primary N) is 1. The van der Waals surface area contributed by atoms with Gasteiger partial charge in [-0.3, -0.25) is 0 Å². The van der Waals surface area contributed by atoms with E-state index >= 15 is 0 Å². The van der Waals surface area contributed by atoms with Gasteiger partial charge in [0.15, 0.2) is 5.96 Å². The Bertz CT molecular complexity index is 403. The Labute approximate surface area is 134 Å². The summed E-state index contributed by atoms with van der Waals surface area (Å²) in [7, 11) is 0. The summed E-state index contributed by atoms with van der Waals surface area (Å²) in [5.74, 6) is 0.480. The van der Waals surface area contributed by atoms with Crippen molar-refractivity contribution in [3.8, 4) is 0 Å². The Balaban J connectivity index is 0.00000180. The fourth-order valence-electron chi connectivity index (χ4n) is 1.79. The zero-order valence-corrected chi connectivity index (χ0v) is 14.1. The molecule has 7 heteroatoms. The number of ether oxygens (including phenoxy) is 1. The van der Waals surface area contributed by atoms with Crippen molar-refractivity contribution in [2.45, 2.75) is 12.5 Å².